The normalized spacial score (nSPS) is 12.0. The van der Waals surface area contributed by atoms with Crippen molar-refractivity contribution in [1.82, 2.24) is 0 Å². The summed E-state index contributed by atoms with van der Waals surface area (Å²) < 4.78 is 0. The summed E-state index contributed by atoms with van der Waals surface area (Å²) in [6.07, 6.45) is 0. The highest BCUT2D eigenvalue weighted by molar-refractivity contribution is 5.80. The molecule has 0 spiro atoms. The van der Waals surface area contributed by atoms with E-state index in [0.29, 0.717) is 5.56 Å². The van der Waals surface area contributed by atoms with Crippen molar-refractivity contribution >= 4 is 5.97 Å². The van der Waals surface area contributed by atoms with Crippen LogP contribution in [0.5, 0.6) is 5.75 Å². The Bertz CT molecular complexity index is 503. The van der Waals surface area contributed by atoms with Crippen LogP contribution in [0, 0.1) is 0 Å². The Hall–Kier alpha value is -2.29. The maximum absolute atomic E-state index is 11.3. The quantitative estimate of drug-likeness (QED) is 0.849. The van der Waals surface area contributed by atoms with Gasteiger partial charge in [-0.05, 0) is 23.3 Å². The van der Waals surface area contributed by atoms with Crippen LogP contribution in [0.2, 0.25) is 0 Å². The fourth-order valence-corrected chi connectivity index (χ4v) is 1.79. The van der Waals surface area contributed by atoms with E-state index in [0.717, 1.165) is 5.56 Å². The maximum Gasteiger partial charge on any atom is 0.315 e. The molecule has 0 aliphatic rings. The molecule has 0 aliphatic heterocycles. The van der Waals surface area contributed by atoms with Crippen molar-refractivity contribution in [3.63, 3.8) is 0 Å². The summed E-state index contributed by atoms with van der Waals surface area (Å²) in [5.74, 6) is -1.47. The first-order valence-electron chi connectivity index (χ1n) is 5.25. The van der Waals surface area contributed by atoms with Gasteiger partial charge in [0.2, 0.25) is 0 Å². The van der Waals surface area contributed by atoms with Gasteiger partial charge in [-0.3, -0.25) is 4.79 Å². The van der Waals surface area contributed by atoms with Crippen molar-refractivity contribution in [3.8, 4) is 5.75 Å². The van der Waals surface area contributed by atoms with Crippen molar-refractivity contribution in [2.75, 3.05) is 0 Å². The van der Waals surface area contributed by atoms with Crippen molar-refractivity contribution < 1.29 is 15.0 Å². The van der Waals surface area contributed by atoms with Crippen molar-refractivity contribution in [2.45, 2.75) is 5.92 Å². The van der Waals surface area contributed by atoms with Gasteiger partial charge in [-0.2, -0.15) is 0 Å². The van der Waals surface area contributed by atoms with Gasteiger partial charge in [0, 0.05) is 0 Å². The highest BCUT2D eigenvalue weighted by Gasteiger charge is 2.21. The number of phenols is 1. The molecule has 0 fully saturated rings. The molecule has 2 aromatic rings. The average molecular weight is 228 g/mol. The Morgan fingerprint density at radius 1 is 0.882 bits per heavy atom. The number of hydrogen-bond donors (Lipinski definition) is 2. The molecule has 1 atom stereocenters. The summed E-state index contributed by atoms with van der Waals surface area (Å²) in [5, 5.41) is 18.5. The minimum atomic E-state index is -0.901. The summed E-state index contributed by atoms with van der Waals surface area (Å²) in [4.78, 5) is 11.3. The third-order valence-corrected chi connectivity index (χ3v) is 2.61. The second kappa shape index (κ2) is 4.70. The number of carboxylic acid groups (broad SMARTS) is 1. The molecule has 0 saturated heterocycles. The molecule has 0 heterocycles. The molecule has 0 bridgehead atoms. The largest absolute Gasteiger partial charge is 0.508 e. The predicted octanol–water partition coefficient (Wildman–Crippen LogP) is 2.61. The zero-order chi connectivity index (χ0) is 12.3. The average Bonchev–Trinajstić information content (AvgIpc) is 2.33. The summed E-state index contributed by atoms with van der Waals surface area (Å²) in [6.45, 7) is 0. The van der Waals surface area contributed by atoms with E-state index in [1.54, 1.807) is 24.3 Å². The van der Waals surface area contributed by atoms with Crippen LogP contribution in [-0.2, 0) is 4.79 Å². The van der Waals surface area contributed by atoms with Gasteiger partial charge in [-0.1, -0.05) is 42.5 Å². The minimum absolute atomic E-state index is 0.131. The fourth-order valence-electron chi connectivity index (χ4n) is 1.79. The van der Waals surface area contributed by atoms with Crippen LogP contribution in [0.1, 0.15) is 17.0 Å². The van der Waals surface area contributed by atoms with Crippen LogP contribution in [0.3, 0.4) is 0 Å². The van der Waals surface area contributed by atoms with Crippen LogP contribution in [0.25, 0.3) is 0 Å². The topological polar surface area (TPSA) is 57.5 Å². The first-order valence-corrected chi connectivity index (χ1v) is 5.25. The van der Waals surface area contributed by atoms with Gasteiger partial charge in [0.1, 0.15) is 11.7 Å². The molecular weight excluding hydrogens is 216 g/mol. The molecule has 0 saturated carbocycles. The monoisotopic (exact) mass is 228 g/mol. The number of benzene rings is 2. The standard InChI is InChI=1S/C14H12O3/c15-12-8-6-11(7-9-12)13(14(16)17)10-4-2-1-3-5-10/h1-9,13,15H,(H,16,17). The van der Waals surface area contributed by atoms with Crippen LogP contribution in [-0.4, -0.2) is 16.2 Å². The van der Waals surface area contributed by atoms with Crippen LogP contribution in [0.4, 0.5) is 0 Å². The van der Waals surface area contributed by atoms with Gasteiger partial charge in [0.15, 0.2) is 0 Å². The Kier molecular flexibility index (Phi) is 3.10. The van der Waals surface area contributed by atoms with E-state index in [2.05, 4.69) is 0 Å². The van der Waals surface area contributed by atoms with Crippen molar-refractivity contribution in [3.05, 3.63) is 65.7 Å². The second-order valence-electron chi connectivity index (χ2n) is 3.77. The zero-order valence-corrected chi connectivity index (χ0v) is 9.08. The molecule has 17 heavy (non-hydrogen) atoms. The van der Waals surface area contributed by atoms with Gasteiger partial charge in [-0.15, -0.1) is 0 Å². The Morgan fingerprint density at radius 2 is 1.41 bits per heavy atom. The van der Waals surface area contributed by atoms with Gasteiger partial charge < -0.3 is 10.2 Å². The van der Waals surface area contributed by atoms with E-state index < -0.39 is 11.9 Å². The Morgan fingerprint density at radius 3 is 1.94 bits per heavy atom. The molecule has 3 heteroatoms. The van der Waals surface area contributed by atoms with Crippen molar-refractivity contribution in [2.24, 2.45) is 0 Å². The highest BCUT2D eigenvalue weighted by Crippen LogP contribution is 2.26. The summed E-state index contributed by atoms with van der Waals surface area (Å²) in [5.41, 5.74) is 1.38. The van der Waals surface area contributed by atoms with E-state index in [4.69, 9.17) is 0 Å². The van der Waals surface area contributed by atoms with E-state index >= 15 is 0 Å². The van der Waals surface area contributed by atoms with E-state index in [-0.39, 0.29) is 5.75 Å². The van der Waals surface area contributed by atoms with Crippen LogP contribution < -0.4 is 0 Å². The summed E-state index contributed by atoms with van der Waals surface area (Å²) >= 11 is 0. The highest BCUT2D eigenvalue weighted by atomic mass is 16.4. The molecule has 2 rings (SSSR count). The van der Waals surface area contributed by atoms with E-state index in [1.165, 1.54) is 12.1 Å². The number of carbonyl (C=O) groups is 1. The molecule has 0 amide bonds. The lowest BCUT2D eigenvalue weighted by molar-refractivity contribution is -0.137. The third kappa shape index (κ3) is 2.45. The van der Waals surface area contributed by atoms with Gasteiger partial charge in [0.25, 0.3) is 0 Å². The van der Waals surface area contributed by atoms with Gasteiger partial charge in [0.05, 0.1) is 0 Å². The van der Waals surface area contributed by atoms with Gasteiger partial charge in [-0.25, -0.2) is 0 Å². The van der Waals surface area contributed by atoms with Crippen LogP contribution >= 0.6 is 0 Å². The molecule has 0 aromatic heterocycles. The SMILES string of the molecule is O=C(O)C(c1ccccc1)c1ccc(O)cc1. The number of rotatable bonds is 3. The smallest absolute Gasteiger partial charge is 0.315 e. The number of aromatic hydroxyl groups is 1. The lowest BCUT2D eigenvalue weighted by atomic mass is 9.91. The molecular formula is C14H12O3. The fraction of sp³-hybridized carbons (Fsp3) is 0.0714. The van der Waals surface area contributed by atoms with E-state index in [9.17, 15) is 15.0 Å². The zero-order valence-electron chi connectivity index (χ0n) is 9.08. The van der Waals surface area contributed by atoms with Gasteiger partial charge >= 0.3 is 5.97 Å². The molecule has 86 valence electrons. The predicted molar refractivity (Wildman–Crippen MR) is 64.0 cm³/mol. The van der Waals surface area contributed by atoms with Crippen molar-refractivity contribution in [1.29, 1.82) is 0 Å². The number of aliphatic carboxylic acids is 1. The third-order valence-electron chi connectivity index (χ3n) is 2.61. The lowest BCUT2D eigenvalue weighted by Gasteiger charge is -2.13. The first kappa shape index (κ1) is 11.2. The molecule has 1 unspecified atom stereocenters. The Labute approximate surface area is 99.0 Å². The summed E-state index contributed by atoms with van der Waals surface area (Å²) in [7, 11) is 0. The Balaban J connectivity index is 2.43. The van der Waals surface area contributed by atoms with Crippen LogP contribution in [0.15, 0.2) is 54.6 Å². The molecule has 3 nitrogen and oxygen atoms in total. The molecule has 2 aromatic carbocycles. The number of phenolic OH excluding ortho intramolecular Hbond substituents is 1. The molecule has 0 aliphatic carbocycles. The van der Waals surface area contributed by atoms with E-state index in [1.807, 2.05) is 18.2 Å². The second-order valence-corrected chi connectivity index (χ2v) is 3.77. The first-order chi connectivity index (χ1) is 8.18. The number of hydrogen-bond acceptors (Lipinski definition) is 2. The lowest BCUT2D eigenvalue weighted by Crippen LogP contribution is -2.12. The number of carboxylic acids is 1. The molecule has 0 radical (unpaired) electrons. The summed E-state index contributed by atoms with van der Waals surface area (Å²) in [6, 6.07) is 15.3. The minimum Gasteiger partial charge on any atom is -0.508 e. The molecule has 2 N–H and O–H groups in total. The maximum atomic E-state index is 11.3.